The number of hydrogen-bond acceptors (Lipinski definition) is 4. The van der Waals surface area contributed by atoms with Crippen LogP contribution < -0.4 is 5.10 Å². The summed E-state index contributed by atoms with van der Waals surface area (Å²) in [4.78, 5) is 11.1. The molecule has 0 amide bonds. The molecule has 0 saturated heterocycles. The minimum Gasteiger partial charge on any atom is -0.780 e. The summed E-state index contributed by atoms with van der Waals surface area (Å²) in [5.41, 5.74) is 10.5. The summed E-state index contributed by atoms with van der Waals surface area (Å²) in [5, 5.41) is 9.10. The Morgan fingerprint density at radius 1 is 0.643 bits per heavy atom. The fourth-order valence-corrected chi connectivity index (χ4v) is 6.49. The summed E-state index contributed by atoms with van der Waals surface area (Å²) >= 11 is 4.81. The zero-order valence-corrected chi connectivity index (χ0v) is 26.0. The molecule has 0 fully saturated rings. The van der Waals surface area contributed by atoms with Crippen LogP contribution >= 0.6 is 0 Å². The first-order chi connectivity index (χ1) is 20.3. The molecule has 3 aromatic carbocycles. The van der Waals surface area contributed by atoms with Gasteiger partial charge in [-0.15, -0.1) is 0 Å². The molecule has 6 aromatic rings. The molecule has 0 N–H and O–H groups in total. The van der Waals surface area contributed by atoms with Gasteiger partial charge in [-0.1, -0.05) is 96.7 Å². The Kier molecular flexibility index (Phi) is 8.15. The molecule has 4 nitrogen and oxygen atoms in total. The van der Waals surface area contributed by atoms with E-state index >= 15 is 0 Å². The van der Waals surface area contributed by atoms with Crippen molar-refractivity contribution in [2.24, 2.45) is 0 Å². The van der Waals surface area contributed by atoms with E-state index in [1.807, 2.05) is 42.6 Å². The van der Waals surface area contributed by atoms with Crippen molar-refractivity contribution in [3.05, 3.63) is 155 Å². The van der Waals surface area contributed by atoms with E-state index in [0.717, 1.165) is 46.2 Å². The number of aryl methyl sites for hydroxylation is 1. The van der Waals surface area contributed by atoms with E-state index in [1.165, 1.54) is 40.7 Å². The predicted molar refractivity (Wildman–Crippen MR) is 165 cm³/mol. The van der Waals surface area contributed by atoms with Crippen LogP contribution in [0.5, 0.6) is 0 Å². The average Bonchev–Trinajstić information content (AvgIpc) is 3.61. The third-order valence-corrected chi connectivity index (χ3v) is 8.39. The van der Waals surface area contributed by atoms with Gasteiger partial charge < -0.3 is 22.8 Å². The van der Waals surface area contributed by atoms with Crippen molar-refractivity contribution in [1.29, 1.82) is 0 Å². The predicted octanol–water partition coefficient (Wildman–Crippen LogP) is 7.33. The molecule has 2 aliphatic carbocycles. The van der Waals surface area contributed by atoms with Crippen LogP contribution in [0.3, 0.4) is 0 Å². The average molecular weight is 744 g/mol. The van der Waals surface area contributed by atoms with E-state index in [9.17, 15) is 0 Å². The molecule has 3 aromatic heterocycles. The van der Waals surface area contributed by atoms with Gasteiger partial charge in [0.15, 0.2) is 0 Å². The molecule has 8 rings (SSSR count). The Hall–Kier alpha value is -3.92. The molecule has 42 heavy (non-hydrogen) atoms. The zero-order chi connectivity index (χ0) is 27.6. The minimum atomic E-state index is -0.593. The molecule has 6 heteroatoms. The molecule has 3 heterocycles. The van der Waals surface area contributed by atoms with Crippen LogP contribution in [0.1, 0.15) is 46.6 Å². The Balaban J connectivity index is 0.000000349. The van der Waals surface area contributed by atoms with Crippen LogP contribution in [0.15, 0.2) is 126 Å². The maximum atomic E-state index is 5.31. The van der Waals surface area contributed by atoms with Crippen LogP contribution in [0.2, 0.25) is 0 Å². The van der Waals surface area contributed by atoms with E-state index in [0.29, 0.717) is 0 Å². The summed E-state index contributed by atoms with van der Waals surface area (Å²) in [6.07, 6.45) is 6.30. The zero-order valence-electron chi connectivity index (χ0n) is 22.9. The number of pyridine rings is 2. The monoisotopic (exact) mass is 743 g/mol. The molecular formula is C36H28N4PtS. The second kappa shape index (κ2) is 12.1. The first kappa shape index (κ1) is 28.2. The van der Waals surface area contributed by atoms with Crippen molar-refractivity contribution in [3.8, 4) is 22.5 Å². The standard InChI is InChI=1S/C30H23N4.C6H6S.Pt/c1-4-13-23-20(10-1)21-11-2-5-14-24(21)30(23,27-17-7-8-19-31-27)28-18-9-16-26(32-28)29-22-12-3-6-15-25(22)33-34-29;7-6-4-2-1-3-5-6;/h1-2,4-5,7-11,13-14,16-19H,3,6,12,15H2;1-5,7H;/q-1;;+2/p-1. The summed E-state index contributed by atoms with van der Waals surface area (Å²) in [6, 6.07) is 39.4. The number of nitrogens with zero attached hydrogens (tertiary/aromatic N) is 4. The van der Waals surface area contributed by atoms with Crippen LogP contribution in [0.4, 0.5) is 0 Å². The molecule has 0 atom stereocenters. The van der Waals surface area contributed by atoms with Crippen molar-refractivity contribution in [1.82, 2.24) is 20.2 Å². The maximum Gasteiger partial charge on any atom is 2.00 e. The Bertz CT molecular complexity index is 1770. The van der Waals surface area contributed by atoms with Crippen molar-refractivity contribution in [3.63, 3.8) is 0 Å². The van der Waals surface area contributed by atoms with Crippen LogP contribution in [-0.4, -0.2) is 15.1 Å². The topological polar surface area (TPSA) is 52.8 Å². The van der Waals surface area contributed by atoms with Gasteiger partial charge in [-0.2, -0.15) is 4.90 Å². The Labute approximate surface area is 266 Å². The summed E-state index contributed by atoms with van der Waals surface area (Å²) in [5.74, 6) is 0. The first-order valence-corrected chi connectivity index (χ1v) is 14.5. The van der Waals surface area contributed by atoms with Gasteiger partial charge >= 0.3 is 21.1 Å². The minimum absolute atomic E-state index is 0. The third kappa shape index (κ3) is 4.81. The van der Waals surface area contributed by atoms with Gasteiger partial charge in [0.2, 0.25) is 0 Å². The molecule has 0 spiro atoms. The van der Waals surface area contributed by atoms with Gasteiger partial charge in [0.05, 0.1) is 17.1 Å². The summed E-state index contributed by atoms with van der Waals surface area (Å²) in [6.45, 7) is 0. The van der Waals surface area contributed by atoms with Gasteiger partial charge in [-0.3, -0.25) is 9.97 Å². The second-order valence-electron chi connectivity index (χ2n) is 10.5. The summed E-state index contributed by atoms with van der Waals surface area (Å²) < 4.78 is 0. The van der Waals surface area contributed by atoms with E-state index in [2.05, 4.69) is 89.1 Å². The quantitative estimate of drug-likeness (QED) is 0.178. The molecule has 208 valence electrons. The van der Waals surface area contributed by atoms with Crippen molar-refractivity contribution in [2.45, 2.75) is 36.0 Å². The molecular weight excluding hydrogens is 716 g/mol. The van der Waals surface area contributed by atoms with Crippen LogP contribution in [0.25, 0.3) is 22.5 Å². The van der Waals surface area contributed by atoms with Crippen LogP contribution in [0, 0.1) is 0 Å². The number of aromatic nitrogens is 4. The van der Waals surface area contributed by atoms with Gasteiger partial charge in [0, 0.05) is 11.9 Å². The largest absolute Gasteiger partial charge is 2.00 e. The third-order valence-electron chi connectivity index (χ3n) is 8.12. The molecule has 0 unspecified atom stereocenters. The fraction of sp³-hybridized carbons (Fsp3) is 0.139. The molecule has 0 radical (unpaired) electrons. The van der Waals surface area contributed by atoms with E-state index in [4.69, 9.17) is 22.6 Å². The number of fused-ring (bicyclic) bond motifs is 4. The van der Waals surface area contributed by atoms with Crippen molar-refractivity contribution >= 4 is 12.6 Å². The Morgan fingerprint density at radius 3 is 1.95 bits per heavy atom. The number of hydrogen-bond donors (Lipinski definition) is 0. The van der Waals surface area contributed by atoms with Gasteiger partial charge in [0.25, 0.3) is 0 Å². The molecule has 0 bridgehead atoms. The van der Waals surface area contributed by atoms with E-state index < -0.39 is 5.41 Å². The van der Waals surface area contributed by atoms with Crippen molar-refractivity contribution in [2.75, 3.05) is 0 Å². The van der Waals surface area contributed by atoms with Gasteiger partial charge in [-0.05, 0) is 77.8 Å². The smallest absolute Gasteiger partial charge is 0.780 e. The first-order valence-electron chi connectivity index (χ1n) is 14.1. The molecule has 0 saturated carbocycles. The molecule has 0 aliphatic heterocycles. The van der Waals surface area contributed by atoms with E-state index in [-0.39, 0.29) is 21.1 Å². The van der Waals surface area contributed by atoms with Gasteiger partial charge in [-0.25, -0.2) is 0 Å². The van der Waals surface area contributed by atoms with Gasteiger partial charge in [0.1, 0.15) is 5.41 Å². The number of benzene rings is 3. The number of rotatable bonds is 3. The SMILES string of the molecule is [Pt+2].[S-]c1ccccc1.c1ccc(C2(c3cccc(-c4[n-]nc5c4CCCC5)n3)c3ccccc3-c3ccccc32)nc1. The Morgan fingerprint density at radius 2 is 1.29 bits per heavy atom. The fourth-order valence-electron chi connectivity index (χ4n) is 6.33. The normalized spacial score (nSPS) is 13.9. The van der Waals surface area contributed by atoms with E-state index in [1.54, 1.807) is 0 Å². The summed E-state index contributed by atoms with van der Waals surface area (Å²) in [7, 11) is 0. The van der Waals surface area contributed by atoms with Crippen molar-refractivity contribution < 1.29 is 21.1 Å². The molecule has 2 aliphatic rings. The second-order valence-corrected chi connectivity index (χ2v) is 10.9. The maximum absolute atomic E-state index is 5.31. The van der Waals surface area contributed by atoms with Crippen LogP contribution in [-0.2, 0) is 52.0 Å².